The molecule has 2 aromatic rings. The van der Waals surface area contributed by atoms with Crippen LogP contribution in [0.3, 0.4) is 0 Å². The number of rotatable bonds is 7. The van der Waals surface area contributed by atoms with Crippen LogP contribution in [0.15, 0.2) is 42.5 Å². The lowest BCUT2D eigenvalue weighted by Gasteiger charge is -2.30. The predicted octanol–water partition coefficient (Wildman–Crippen LogP) is 4.51. The monoisotopic (exact) mass is 440 g/mol. The van der Waals surface area contributed by atoms with Crippen molar-refractivity contribution in [2.45, 2.75) is 26.8 Å². The Morgan fingerprint density at radius 2 is 1.81 bits per heavy atom. The van der Waals surface area contributed by atoms with Gasteiger partial charge in [0.2, 0.25) is 0 Å². The van der Waals surface area contributed by atoms with Gasteiger partial charge in [0.1, 0.15) is 12.4 Å². The molecule has 0 radical (unpaired) electrons. The summed E-state index contributed by atoms with van der Waals surface area (Å²) >= 11 is 5.67. The van der Waals surface area contributed by atoms with Crippen LogP contribution >= 0.6 is 12.2 Å². The van der Waals surface area contributed by atoms with Gasteiger partial charge in [-0.3, -0.25) is 0 Å². The topological polar surface area (TPSA) is 66.2 Å². The van der Waals surface area contributed by atoms with E-state index < -0.39 is 0 Å². The molecule has 31 heavy (non-hydrogen) atoms. The fraction of sp³-hybridized carbons (Fsp3) is 0.348. The molecule has 0 aliphatic heterocycles. The Morgan fingerprint density at radius 1 is 1.19 bits per heavy atom. The van der Waals surface area contributed by atoms with Crippen molar-refractivity contribution >= 4 is 40.5 Å². The van der Waals surface area contributed by atoms with Crippen molar-refractivity contribution in [3.63, 3.8) is 0 Å². The number of ether oxygens (including phenoxy) is 1. The van der Waals surface area contributed by atoms with Gasteiger partial charge in [0.15, 0.2) is 10.8 Å². The first-order chi connectivity index (χ1) is 14.7. The molecular formula is C23H28N4O3S. The lowest BCUT2D eigenvalue weighted by molar-refractivity contribution is -0.191. The molecule has 0 aliphatic rings. The minimum atomic E-state index is 0.184. The summed E-state index contributed by atoms with van der Waals surface area (Å²) in [4.78, 5) is 23.9. The molecule has 0 amide bonds. The van der Waals surface area contributed by atoms with Crippen molar-refractivity contribution in [2.75, 3.05) is 37.5 Å². The number of anilines is 2. The summed E-state index contributed by atoms with van der Waals surface area (Å²) in [6.45, 7) is 14.8. The van der Waals surface area contributed by atoms with E-state index in [0.29, 0.717) is 17.4 Å². The normalized spacial score (nSPS) is 9.87. The van der Waals surface area contributed by atoms with Gasteiger partial charge in [-0.1, -0.05) is 6.07 Å². The zero-order valence-electron chi connectivity index (χ0n) is 18.5. The first-order valence-electron chi connectivity index (χ1n) is 9.68. The summed E-state index contributed by atoms with van der Waals surface area (Å²) in [6.07, 6.45) is 0.250. The maximum atomic E-state index is 8.12. The largest absolute Gasteiger partial charge is 0.492 e. The number of benzene rings is 2. The third-order valence-electron chi connectivity index (χ3n) is 4.23. The van der Waals surface area contributed by atoms with Crippen LogP contribution in [-0.4, -0.2) is 49.5 Å². The van der Waals surface area contributed by atoms with Crippen molar-refractivity contribution in [2.24, 2.45) is 0 Å². The number of carbonyl (C=O) groups excluding carboxylic acids is 2. The first kappa shape index (κ1) is 25.8. The van der Waals surface area contributed by atoms with Crippen molar-refractivity contribution in [1.29, 1.82) is 0 Å². The number of nitrogens with one attached hydrogen (secondary N) is 1. The Kier molecular flexibility index (Phi) is 10.9. The Balaban J connectivity index is 0.00000151. The van der Waals surface area contributed by atoms with Gasteiger partial charge in [0, 0.05) is 24.0 Å². The molecule has 8 heteroatoms. The van der Waals surface area contributed by atoms with E-state index in [2.05, 4.69) is 33.8 Å². The van der Waals surface area contributed by atoms with Gasteiger partial charge < -0.3 is 19.9 Å². The lowest BCUT2D eigenvalue weighted by atomic mass is 10.2. The molecule has 1 N–H and O–H groups in total. The maximum Gasteiger partial charge on any atom is 0.373 e. The summed E-state index contributed by atoms with van der Waals surface area (Å²) in [5, 5.41) is 3.91. The van der Waals surface area contributed by atoms with E-state index in [9.17, 15) is 0 Å². The highest BCUT2D eigenvalue weighted by Crippen LogP contribution is 2.25. The molecule has 164 valence electrons. The van der Waals surface area contributed by atoms with Crippen molar-refractivity contribution in [1.82, 2.24) is 4.90 Å². The molecule has 7 nitrogen and oxygen atoms in total. The molecule has 0 saturated heterocycles. The zero-order chi connectivity index (χ0) is 23.4. The van der Waals surface area contributed by atoms with Gasteiger partial charge in [0.25, 0.3) is 0 Å². The summed E-state index contributed by atoms with van der Waals surface area (Å²) in [5.74, 6) is 0.846. The Morgan fingerprint density at radius 3 is 2.29 bits per heavy atom. The summed E-state index contributed by atoms with van der Waals surface area (Å²) in [5.41, 5.74) is 3.46. The van der Waals surface area contributed by atoms with Gasteiger partial charge in [-0.25, -0.2) is 4.85 Å². The third-order valence-corrected chi connectivity index (χ3v) is 4.52. The molecule has 0 fully saturated rings. The van der Waals surface area contributed by atoms with E-state index in [1.54, 1.807) is 0 Å². The zero-order valence-corrected chi connectivity index (χ0v) is 19.3. The summed E-state index contributed by atoms with van der Waals surface area (Å²) < 4.78 is 5.77. The van der Waals surface area contributed by atoms with Crippen molar-refractivity contribution in [3.8, 4) is 5.75 Å². The number of thiocarbonyl (C=S) groups is 1. The lowest BCUT2D eigenvalue weighted by Crippen LogP contribution is -2.40. The van der Waals surface area contributed by atoms with Gasteiger partial charge in [-0.15, -0.1) is 0 Å². The van der Waals surface area contributed by atoms with Crippen molar-refractivity contribution < 1.29 is 14.3 Å². The van der Waals surface area contributed by atoms with E-state index >= 15 is 0 Å². The van der Waals surface area contributed by atoms with E-state index in [4.69, 9.17) is 33.1 Å². The van der Waals surface area contributed by atoms with Crippen LogP contribution in [0, 0.1) is 13.5 Å². The Labute approximate surface area is 189 Å². The average molecular weight is 441 g/mol. The predicted molar refractivity (Wildman–Crippen MR) is 127 cm³/mol. The summed E-state index contributed by atoms with van der Waals surface area (Å²) in [7, 11) is 4.05. The van der Waals surface area contributed by atoms with Crippen LogP contribution < -0.4 is 15.0 Å². The standard InChI is InChI=1S/C22H28N4OS.CO2/c1-16(2)26(19-8-10-20(11-9-19)27-14-13-25(5)6)22(28)24-18-7-12-21(23-4)17(3)15-18;2-1-3/h7-12,15-16H,13-14H2,1-3,5-6H3,(H,24,28);. The minimum absolute atomic E-state index is 0.184. The van der Waals surface area contributed by atoms with Gasteiger partial charge >= 0.3 is 6.15 Å². The second kappa shape index (κ2) is 13.1. The van der Waals surface area contributed by atoms with E-state index in [1.165, 1.54) is 0 Å². The molecule has 0 saturated carbocycles. The molecule has 0 aliphatic carbocycles. The van der Waals surface area contributed by atoms with Crippen LogP contribution in [0.4, 0.5) is 17.1 Å². The highest BCUT2D eigenvalue weighted by atomic mass is 32.1. The fourth-order valence-electron chi connectivity index (χ4n) is 2.74. The molecule has 0 aromatic heterocycles. The van der Waals surface area contributed by atoms with Crippen LogP contribution in [0.1, 0.15) is 19.4 Å². The molecule has 0 bridgehead atoms. The average Bonchev–Trinajstić information content (AvgIpc) is 2.69. The number of nitrogens with zero attached hydrogens (tertiary/aromatic N) is 3. The van der Waals surface area contributed by atoms with Gasteiger partial charge in [-0.2, -0.15) is 9.59 Å². The molecule has 0 unspecified atom stereocenters. The fourth-order valence-corrected chi connectivity index (χ4v) is 3.18. The van der Waals surface area contributed by atoms with Crippen LogP contribution in [0.25, 0.3) is 4.85 Å². The van der Waals surface area contributed by atoms with Crippen molar-refractivity contribution in [3.05, 3.63) is 59.4 Å². The number of hydrogen-bond donors (Lipinski definition) is 1. The second-order valence-electron chi connectivity index (χ2n) is 7.24. The Hall–Kier alpha value is -3.24. The first-order valence-corrected chi connectivity index (χ1v) is 10.1. The highest BCUT2D eigenvalue weighted by Gasteiger charge is 2.16. The maximum absolute atomic E-state index is 8.12. The Bertz CT molecular complexity index is 931. The third kappa shape index (κ3) is 8.57. The van der Waals surface area contributed by atoms with Crippen LogP contribution in [0.2, 0.25) is 0 Å². The molecule has 0 spiro atoms. The summed E-state index contributed by atoms with van der Waals surface area (Å²) in [6, 6.07) is 13.8. The number of hydrogen-bond acceptors (Lipinski definition) is 5. The smallest absolute Gasteiger partial charge is 0.373 e. The minimum Gasteiger partial charge on any atom is -0.492 e. The van der Waals surface area contributed by atoms with Gasteiger partial charge in [0.05, 0.1) is 6.57 Å². The molecule has 0 heterocycles. The van der Waals surface area contributed by atoms with Crippen LogP contribution in [-0.2, 0) is 9.59 Å². The number of likely N-dealkylation sites (N-methyl/N-ethyl adjacent to an activating group) is 1. The molecular weight excluding hydrogens is 412 g/mol. The van der Waals surface area contributed by atoms with Crippen LogP contribution in [0.5, 0.6) is 5.75 Å². The van der Waals surface area contributed by atoms with Gasteiger partial charge in [-0.05, 0) is 89.0 Å². The molecule has 2 aromatic carbocycles. The quantitative estimate of drug-likeness (QED) is 0.502. The van der Waals surface area contributed by atoms with E-state index in [1.807, 2.05) is 63.5 Å². The number of aryl methyl sites for hydroxylation is 1. The molecule has 2 rings (SSSR count). The SMILES string of the molecule is O=C=O.[C-]#[N+]c1ccc(NC(=S)N(c2ccc(OCCN(C)C)cc2)C(C)C)cc1C. The molecule has 0 atom stereocenters. The highest BCUT2D eigenvalue weighted by molar-refractivity contribution is 7.80. The van der Waals surface area contributed by atoms with E-state index in [0.717, 1.165) is 29.2 Å². The van der Waals surface area contributed by atoms with E-state index in [-0.39, 0.29) is 12.2 Å². The second-order valence-corrected chi connectivity index (χ2v) is 7.62.